The second kappa shape index (κ2) is 5.85. The van der Waals surface area contributed by atoms with E-state index in [1.54, 1.807) is 24.0 Å². The number of carbonyl (C=O) groups excluding carboxylic acids is 1. The van der Waals surface area contributed by atoms with Crippen LogP contribution in [-0.2, 0) is 15.0 Å². The number of hydrogen-bond donors (Lipinski definition) is 1. The summed E-state index contributed by atoms with van der Waals surface area (Å²) in [5, 5.41) is 9.31. The van der Waals surface area contributed by atoms with Gasteiger partial charge in [-0.25, -0.2) is 0 Å². The molecule has 1 saturated carbocycles. The lowest BCUT2D eigenvalue weighted by atomic mass is 9.93. The number of carboxylic acid groups (broad SMARTS) is 1. The van der Waals surface area contributed by atoms with Crippen LogP contribution in [0.15, 0.2) is 24.3 Å². The van der Waals surface area contributed by atoms with E-state index in [2.05, 4.69) is 0 Å². The molecule has 1 heterocycles. The van der Waals surface area contributed by atoms with Crippen LogP contribution in [0.2, 0.25) is 0 Å². The topological polar surface area (TPSA) is 70.1 Å². The number of piperazine rings is 1. The Morgan fingerprint density at radius 1 is 1.22 bits per heavy atom. The van der Waals surface area contributed by atoms with E-state index in [0.717, 1.165) is 24.2 Å². The molecule has 1 aromatic carbocycles. The van der Waals surface area contributed by atoms with E-state index >= 15 is 0 Å². The first-order valence-electron chi connectivity index (χ1n) is 7.85. The fourth-order valence-corrected chi connectivity index (χ4v) is 3.29. The number of rotatable bonds is 4. The fraction of sp³-hybridized carbons (Fsp3) is 0.529. The molecule has 1 aliphatic carbocycles. The Bertz CT molecular complexity index is 610. The number of carboxylic acids is 1. The number of benzene rings is 1. The molecule has 0 aromatic heterocycles. The van der Waals surface area contributed by atoms with Gasteiger partial charge in [-0.15, -0.1) is 0 Å². The number of hydrogen-bond acceptors (Lipinski definition) is 4. The molecule has 0 radical (unpaired) electrons. The third-order valence-corrected chi connectivity index (χ3v) is 5.02. The van der Waals surface area contributed by atoms with Gasteiger partial charge in [-0.05, 0) is 37.6 Å². The normalized spacial score (nSPS) is 23.4. The van der Waals surface area contributed by atoms with Crippen molar-refractivity contribution in [3.63, 3.8) is 0 Å². The van der Waals surface area contributed by atoms with Crippen molar-refractivity contribution in [2.24, 2.45) is 0 Å². The molecule has 6 heteroatoms. The molecule has 1 N–H and O–H groups in total. The highest BCUT2D eigenvalue weighted by atomic mass is 16.5. The number of likely N-dealkylation sites (N-methyl/N-ethyl adjacent to an activating group) is 1. The van der Waals surface area contributed by atoms with Crippen LogP contribution in [0, 0.1) is 0 Å². The Labute approximate surface area is 135 Å². The first-order chi connectivity index (χ1) is 11.0. The quantitative estimate of drug-likeness (QED) is 0.895. The summed E-state index contributed by atoms with van der Waals surface area (Å²) in [5.41, 5.74) is 0.528. The summed E-state index contributed by atoms with van der Waals surface area (Å²) >= 11 is 0. The van der Waals surface area contributed by atoms with Crippen molar-refractivity contribution >= 4 is 11.9 Å². The molecule has 0 unspecified atom stereocenters. The molecule has 0 spiro atoms. The molecule has 1 aromatic rings. The zero-order valence-corrected chi connectivity index (χ0v) is 13.5. The fourth-order valence-electron chi connectivity index (χ4n) is 3.29. The maximum absolute atomic E-state index is 13.0. The Kier molecular flexibility index (Phi) is 4.02. The molecule has 3 rings (SSSR count). The maximum Gasteiger partial charge on any atom is 0.322 e. The van der Waals surface area contributed by atoms with Gasteiger partial charge in [-0.2, -0.15) is 0 Å². The predicted octanol–water partition coefficient (Wildman–Crippen LogP) is 0.954. The molecular formula is C17H22N2O4. The zero-order valence-electron chi connectivity index (χ0n) is 13.5. The minimum absolute atomic E-state index is 0.0574. The van der Waals surface area contributed by atoms with E-state index in [1.807, 2.05) is 24.3 Å². The number of amides is 1. The number of nitrogens with zero attached hydrogens (tertiary/aromatic N) is 2. The summed E-state index contributed by atoms with van der Waals surface area (Å²) < 4.78 is 5.17. The molecular weight excluding hydrogens is 296 g/mol. The minimum atomic E-state index is -0.876. The van der Waals surface area contributed by atoms with Crippen LogP contribution in [0.4, 0.5) is 0 Å². The summed E-state index contributed by atoms with van der Waals surface area (Å²) in [6, 6.07) is 6.99. The number of ether oxygens (including phenoxy) is 1. The number of carbonyl (C=O) groups is 2. The second-order valence-corrected chi connectivity index (χ2v) is 6.40. The van der Waals surface area contributed by atoms with Crippen LogP contribution in [-0.4, -0.2) is 66.6 Å². The van der Waals surface area contributed by atoms with Crippen LogP contribution in [0.1, 0.15) is 18.4 Å². The molecule has 2 aliphatic rings. The summed E-state index contributed by atoms with van der Waals surface area (Å²) in [6.07, 6.45) is 1.64. The van der Waals surface area contributed by atoms with Gasteiger partial charge in [-0.3, -0.25) is 14.5 Å². The lowest BCUT2D eigenvalue weighted by Crippen LogP contribution is -2.57. The van der Waals surface area contributed by atoms with Gasteiger partial charge in [0.1, 0.15) is 11.8 Å². The standard InChI is InChI=1S/C17H22N2O4/c1-18-9-10-19(11-14(18)15(20)21)16(22)17(7-8-17)12-3-5-13(23-2)6-4-12/h3-6,14H,7-11H2,1-2H3,(H,20,21)/t14-/m0/s1. The average Bonchev–Trinajstić information content (AvgIpc) is 3.36. The molecule has 124 valence electrons. The highest BCUT2D eigenvalue weighted by Gasteiger charge is 2.53. The Morgan fingerprint density at radius 2 is 1.87 bits per heavy atom. The molecule has 0 bridgehead atoms. The van der Waals surface area contributed by atoms with Crippen LogP contribution in [0.25, 0.3) is 0 Å². The molecule has 1 aliphatic heterocycles. The van der Waals surface area contributed by atoms with E-state index in [1.165, 1.54) is 0 Å². The van der Waals surface area contributed by atoms with Crippen molar-refractivity contribution in [1.29, 1.82) is 0 Å². The van der Waals surface area contributed by atoms with Gasteiger partial charge in [0.05, 0.1) is 12.5 Å². The third kappa shape index (κ3) is 2.79. The average molecular weight is 318 g/mol. The van der Waals surface area contributed by atoms with Crippen molar-refractivity contribution in [3.8, 4) is 5.75 Å². The second-order valence-electron chi connectivity index (χ2n) is 6.40. The SMILES string of the molecule is COc1ccc(C2(C(=O)N3CCN(C)[C@H](C(=O)O)C3)CC2)cc1. The molecule has 1 amide bonds. The largest absolute Gasteiger partial charge is 0.497 e. The highest BCUT2D eigenvalue weighted by molar-refractivity contribution is 5.92. The monoisotopic (exact) mass is 318 g/mol. The molecule has 6 nitrogen and oxygen atoms in total. The van der Waals surface area contributed by atoms with Crippen LogP contribution in [0.5, 0.6) is 5.75 Å². The first-order valence-corrected chi connectivity index (χ1v) is 7.85. The summed E-state index contributed by atoms with van der Waals surface area (Å²) in [5.74, 6) is -0.0520. The van der Waals surface area contributed by atoms with Gasteiger partial charge in [0.2, 0.25) is 5.91 Å². The van der Waals surface area contributed by atoms with Crippen molar-refractivity contribution < 1.29 is 19.4 Å². The zero-order chi connectivity index (χ0) is 16.6. The van der Waals surface area contributed by atoms with E-state index in [0.29, 0.717) is 13.1 Å². The van der Waals surface area contributed by atoms with Crippen LogP contribution < -0.4 is 4.74 Å². The lowest BCUT2D eigenvalue weighted by Gasteiger charge is -2.38. The lowest BCUT2D eigenvalue weighted by molar-refractivity contribution is -0.148. The van der Waals surface area contributed by atoms with Gasteiger partial charge in [0.25, 0.3) is 0 Å². The smallest absolute Gasteiger partial charge is 0.322 e. The van der Waals surface area contributed by atoms with Crippen molar-refractivity contribution in [1.82, 2.24) is 9.80 Å². The van der Waals surface area contributed by atoms with E-state index in [-0.39, 0.29) is 12.5 Å². The third-order valence-electron chi connectivity index (χ3n) is 5.02. The Morgan fingerprint density at radius 3 is 2.39 bits per heavy atom. The van der Waals surface area contributed by atoms with Crippen molar-refractivity contribution in [2.45, 2.75) is 24.3 Å². The van der Waals surface area contributed by atoms with E-state index in [4.69, 9.17) is 4.74 Å². The van der Waals surface area contributed by atoms with Gasteiger partial charge < -0.3 is 14.7 Å². The number of aliphatic carboxylic acids is 1. The van der Waals surface area contributed by atoms with Gasteiger partial charge >= 0.3 is 5.97 Å². The van der Waals surface area contributed by atoms with Gasteiger partial charge in [-0.1, -0.05) is 12.1 Å². The summed E-state index contributed by atoms with van der Waals surface area (Å²) in [4.78, 5) is 27.8. The highest BCUT2D eigenvalue weighted by Crippen LogP contribution is 2.50. The minimum Gasteiger partial charge on any atom is -0.497 e. The molecule has 1 atom stereocenters. The predicted molar refractivity (Wildman–Crippen MR) is 84.5 cm³/mol. The summed E-state index contributed by atoms with van der Waals surface area (Å²) in [7, 11) is 3.40. The van der Waals surface area contributed by atoms with Crippen LogP contribution in [0.3, 0.4) is 0 Å². The molecule has 1 saturated heterocycles. The van der Waals surface area contributed by atoms with E-state index < -0.39 is 17.4 Å². The van der Waals surface area contributed by atoms with Gasteiger partial charge in [0.15, 0.2) is 0 Å². The Balaban J connectivity index is 1.77. The van der Waals surface area contributed by atoms with Crippen molar-refractivity contribution in [3.05, 3.63) is 29.8 Å². The van der Waals surface area contributed by atoms with Crippen molar-refractivity contribution in [2.75, 3.05) is 33.8 Å². The Hall–Kier alpha value is -2.08. The van der Waals surface area contributed by atoms with E-state index in [9.17, 15) is 14.7 Å². The first kappa shape index (κ1) is 15.8. The van der Waals surface area contributed by atoms with Gasteiger partial charge in [0, 0.05) is 19.6 Å². The molecule has 2 fully saturated rings. The number of methoxy groups -OCH3 is 1. The maximum atomic E-state index is 13.0. The molecule has 23 heavy (non-hydrogen) atoms. The summed E-state index contributed by atoms with van der Waals surface area (Å²) in [6.45, 7) is 1.42. The van der Waals surface area contributed by atoms with Crippen LogP contribution >= 0.6 is 0 Å².